The summed E-state index contributed by atoms with van der Waals surface area (Å²) in [6.07, 6.45) is 1.59. The number of phenols is 1. The first-order chi connectivity index (χ1) is 16.8. The van der Waals surface area contributed by atoms with Gasteiger partial charge in [0.25, 0.3) is 0 Å². The molecule has 5 heteroatoms. The van der Waals surface area contributed by atoms with Crippen LogP contribution in [0.25, 0.3) is 44.8 Å². The summed E-state index contributed by atoms with van der Waals surface area (Å²) in [5, 5.41) is 20.2. The Balaban J connectivity index is 1.65. The highest BCUT2D eigenvalue weighted by molar-refractivity contribution is 5.95. The molecule has 5 aromatic rings. The van der Waals surface area contributed by atoms with E-state index in [-0.39, 0.29) is 11.2 Å². The molecule has 172 valence electrons. The highest BCUT2D eigenvalue weighted by atomic mass is 16.3. The molecule has 0 atom stereocenters. The first-order valence-electron chi connectivity index (χ1n) is 11.5. The smallest absolute Gasteiger partial charge is 0.144 e. The largest absolute Gasteiger partial charge is 0.507 e. The molecule has 0 aliphatic rings. The molecule has 2 aromatic heterocycles. The van der Waals surface area contributed by atoms with Crippen LogP contribution in [0.5, 0.6) is 5.75 Å². The molecular formula is C30H26N4O. The Bertz CT molecular complexity index is 1600. The van der Waals surface area contributed by atoms with Crippen molar-refractivity contribution in [2.45, 2.75) is 26.2 Å². The predicted octanol–water partition coefficient (Wildman–Crippen LogP) is 6.84. The Labute approximate surface area is 205 Å². The number of rotatable bonds is 3. The highest BCUT2D eigenvalue weighted by Crippen LogP contribution is 2.40. The van der Waals surface area contributed by atoms with E-state index in [1.807, 2.05) is 60.1 Å². The quantitative estimate of drug-likeness (QED) is 0.321. The molecule has 1 N–H and O–H groups in total. The maximum atomic E-state index is 11.1. The SMILES string of the molecule is Cn1c(-c2cccc(C(C)(C)C)c2O)nc2c(-c3cccc(-c4ccc(C#N)cn4)c3)cccc21. The van der Waals surface area contributed by atoms with Gasteiger partial charge in [-0.2, -0.15) is 5.26 Å². The van der Waals surface area contributed by atoms with Gasteiger partial charge in [0, 0.05) is 24.4 Å². The normalized spacial score (nSPS) is 11.5. The first kappa shape index (κ1) is 22.4. The fraction of sp³-hybridized carbons (Fsp3) is 0.167. The minimum Gasteiger partial charge on any atom is -0.507 e. The van der Waals surface area contributed by atoms with Gasteiger partial charge < -0.3 is 9.67 Å². The van der Waals surface area contributed by atoms with Crippen molar-refractivity contribution >= 4 is 11.0 Å². The lowest BCUT2D eigenvalue weighted by Gasteiger charge is -2.21. The monoisotopic (exact) mass is 458 g/mol. The summed E-state index contributed by atoms with van der Waals surface area (Å²) in [7, 11) is 1.98. The van der Waals surface area contributed by atoms with Crippen molar-refractivity contribution in [2.75, 3.05) is 0 Å². The van der Waals surface area contributed by atoms with Gasteiger partial charge in [0.2, 0.25) is 0 Å². The van der Waals surface area contributed by atoms with Crippen molar-refractivity contribution in [2.24, 2.45) is 7.05 Å². The van der Waals surface area contributed by atoms with E-state index in [1.54, 1.807) is 12.3 Å². The summed E-state index contributed by atoms with van der Waals surface area (Å²) in [4.78, 5) is 9.46. The Morgan fingerprint density at radius 3 is 2.31 bits per heavy atom. The zero-order valence-corrected chi connectivity index (χ0v) is 20.2. The van der Waals surface area contributed by atoms with Crippen LogP contribution in [0.4, 0.5) is 0 Å². The summed E-state index contributed by atoms with van der Waals surface area (Å²) in [5.41, 5.74) is 7.63. The number of aromatic nitrogens is 3. The van der Waals surface area contributed by atoms with Crippen molar-refractivity contribution in [3.8, 4) is 45.6 Å². The van der Waals surface area contributed by atoms with Gasteiger partial charge in [-0.15, -0.1) is 0 Å². The molecule has 0 radical (unpaired) electrons. The topological polar surface area (TPSA) is 74.7 Å². The number of hydrogen-bond acceptors (Lipinski definition) is 4. The molecule has 3 aromatic carbocycles. The van der Waals surface area contributed by atoms with Crippen LogP contribution in [-0.2, 0) is 12.5 Å². The second-order valence-corrected chi connectivity index (χ2v) is 9.74. The summed E-state index contributed by atoms with van der Waals surface area (Å²) in [6, 6.07) is 25.9. The van der Waals surface area contributed by atoms with E-state index < -0.39 is 0 Å². The Kier molecular flexibility index (Phi) is 5.37. The molecule has 5 rings (SSSR count). The average molecular weight is 459 g/mol. The van der Waals surface area contributed by atoms with E-state index in [2.05, 4.69) is 50.0 Å². The number of nitrogens with zero attached hydrogens (tertiary/aromatic N) is 4. The van der Waals surface area contributed by atoms with Crippen molar-refractivity contribution in [1.82, 2.24) is 14.5 Å². The van der Waals surface area contributed by atoms with Crippen LogP contribution >= 0.6 is 0 Å². The van der Waals surface area contributed by atoms with E-state index in [4.69, 9.17) is 10.2 Å². The maximum Gasteiger partial charge on any atom is 0.144 e. The molecule has 0 saturated carbocycles. The lowest BCUT2D eigenvalue weighted by molar-refractivity contribution is 0.448. The van der Waals surface area contributed by atoms with Crippen LogP contribution < -0.4 is 0 Å². The van der Waals surface area contributed by atoms with Gasteiger partial charge in [0.05, 0.1) is 27.9 Å². The van der Waals surface area contributed by atoms with Crippen molar-refractivity contribution in [1.29, 1.82) is 5.26 Å². The summed E-state index contributed by atoms with van der Waals surface area (Å²) in [6.45, 7) is 6.28. The third-order valence-electron chi connectivity index (χ3n) is 6.36. The Morgan fingerprint density at radius 2 is 1.60 bits per heavy atom. The molecule has 0 unspecified atom stereocenters. The fourth-order valence-electron chi connectivity index (χ4n) is 4.49. The van der Waals surface area contributed by atoms with Crippen LogP contribution in [0, 0.1) is 11.3 Å². The molecule has 35 heavy (non-hydrogen) atoms. The number of imidazole rings is 1. The van der Waals surface area contributed by atoms with Crippen LogP contribution in [0.2, 0.25) is 0 Å². The van der Waals surface area contributed by atoms with Crippen molar-refractivity contribution in [3.05, 3.63) is 90.1 Å². The number of hydrogen-bond donors (Lipinski definition) is 1. The molecule has 5 nitrogen and oxygen atoms in total. The summed E-state index contributed by atoms with van der Waals surface area (Å²) >= 11 is 0. The molecule has 0 aliphatic carbocycles. The standard InChI is InChI=1S/C30H26N4O/c1-30(2,3)24-12-6-11-23(28(24)35)29-33-27-22(10-7-13-26(27)34(29)4)20-8-5-9-21(16-20)25-15-14-19(17-31)18-32-25/h5-16,18,35H,1-4H3. The summed E-state index contributed by atoms with van der Waals surface area (Å²) < 4.78 is 2.03. The van der Waals surface area contributed by atoms with E-state index in [1.165, 1.54) is 0 Å². The molecule has 2 heterocycles. The van der Waals surface area contributed by atoms with Crippen molar-refractivity contribution < 1.29 is 5.11 Å². The minimum absolute atomic E-state index is 0.185. The number of fused-ring (bicyclic) bond motifs is 1. The van der Waals surface area contributed by atoms with Gasteiger partial charge >= 0.3 is 0 Å². The zero-order valence-electron chi connectivity index (χ0n) is 20.2. The van der Waals surface area contributed by atoms with E-state index in [9.17, 15) is 5.11 Å². The van der Waals surface area contributed by atoms with E-state index >= 15 is 0 Å². The van der Waals surface area contributed by atoms with Crippen LogP contribution in [-0.4, -0.2) is 19.6 Å². The fourth-order valence-corrected chi connectivity index (χ4v) is 4.49. The molecule has 0 saturated heterocycles. The van der Waals surface area contributed by atoms with Crippen LogP contribution in [0.3, 0.4) is 0 Å². The van der Waals surface area contributed by atoms with Gasteiger partial charge in [-0.3, -0.25) is 4.98 Å². The molecular weight excluding hydrogens is 432 g/mol. The van der Waals surface area contributed by atoms with Gasteiger partial charge in [0.15, 0.2) is 0 Å². The maximum absolute atomic E-state index is 11.1. The van der Waals surface area contributed by atoms with Gasteiger partial charge in [-0.05, 0) is 46.9 Å². The molecule has 0 spiro atoms. The number of phenolic OH excluding ortho intramolecular Hbond substituents is 1. The lowest BCUT2D eigenvalue weighted by atomic mass is 9.85. The Hall–Kier alpha value is -4.43. The van der Waals surface area contributed by atoms with Crippen LogP contribution in [0.15, 0.2) is 79.0 Å². The molecule has 0 amide bonds. The van der Waals surface area contributed by atoms with Gasteiger partial charge in [-0.25, -0.2) is 4.98 Å². The zero-order chi connectivity index (χ0) is 24.7. The molecule has 0 bridgehead atoms. The number of aromatic hydroxyl groups is 1. The molecule has 0 aliphatic heterocycles. The van der Waals surface area contributed by atoms with Gasteiger partial charge in [0.1, 0.15) is 17.6 Å². The third-order valence-corrected chi connectivity index (χ3v) is 6.36. The number of nitriles is 1. The average Bonchev–Trinajstić information content (AvgIpc) is 3.20. The van der Waals surface area contributed by atoms with E-state index in [0.29, 0.717) is 5.56 Å². The second kappa shape index (κ2) is 8.41. The van der Waals surface area contributed by atoms with Crippen LogP contribution in [0.1, 0.15) is 31.9 Å². The lowest BCUT2D eigenvalue weighted by Crippen LogP contribution is -2.11. The third kappa shape index (κ3) is 3.94. The number of para-hydroxylation sites is 2. The summed E-state index contributed by atoms with van der Waals surface area (Å²) in [5.74, 6) is 0.995. The number of pyridine rings is 1. The minimum atomic E-state index is -0.185. The first-order valence-corrected chi connectivity index (χ1v) is 11.5. The predicted molar refractivity (Wildman–Crippen MR) is 140 cm³/mol. The molecule has 0 fully saturated rings. The second-order valence-electron chi connectivity index (χ2n) is 9.74. The highest BCUT2D eigenvalue weighted by Gasteiger charge is 2.23. The van der Waals surface area contributed by atoms with Crippen molar-refractivity contribution in [3.63, 3.8) is 0 Å². The Morgan fingerprint density at radius 1 is 0.886 bits per heavy atom. The number of aryl methyl sites for hydroxylation is 1. The van der Waals surface area contributed by atoms with E-state index in [0.717, 1.165) is 50.4 Å². The number of benzene rings is 3. The van der Waals surface area contributed by atoms with Gasteiger partial charge in [-0.1, -0.05) is 63.2 Å².